The van der Waals surface area contributed by atoms with Gasteiger partial charge in [0, 0.05) is 34.8 Å². The number of phenols is 1. The highest BCUT2D eigenvalue weighted by Gasteiger charge is 2.20. The molecule has 0 saturated heterocycles. The van der Waals surface area contributed by atoms with Crippen molar-refractivity contribution in [3.8, 4) is 17.2 Å². The number of ketones is 1. The lowest BCUT2D eigenvalue weighted by atomic mass is 9.94. The zero-order valence-corrected chi connectivity index (χ0v) is 19.3. The quantitative estimate of drug-likeness (QED) is 0.295. The minimum absolute atomic E-state index is 0.0554. The summed E-state index contributed by atoms with van der Waals surface area (Å²) < 4.78 is 11.0. The van der Waals surface area contributed by atoms with Crippen molar-refractivity contribution in [2.24, 2.45) is 0 Å². The molecular formula is C25H25ClN2O4. The number of pyridine rings is 1. The average Bonchev–Trinajstić information content (AvgIpc) is 3.19. The minimum Gasteiger partial charge on any atom is -0.506 e. The first-order valence-electron chi connectivity index (χ1n) is 10.3. The smallest absolute Gasteiger partial charge is 0.183 e. The number of benzene rings is 2. The third-order valence-corrected chi connectivity index (χ3v) is 5.97. The third-order valence-electron chi connectivity index (χ3n) is 5.78. The summed E-state index contributed by atoms with van der Waals surface area (Å²) >= 11 is 6.07. The fraction of sp³-hybridized carbons (Fsp3) is 0.280. The minimum atomic E-state index is -0.102. The Kier molecular flexibility index (Phi) is 5.98. The number of ether oxygens (including phenoxy) is 2. The third kappa shape index (κ3) is 3.75. The Balaban J connectivity index is 1.79. The van der Waals surface area contributed by atoms with Gasteiger partial charge in [-0.2, -0.15) is 0 Å². The maximum Gasteiger partial charge on any atom is 0.183 e. The van der Waals surface area contributed by atoms with E-state index in [0.717, 1.165) is 38.5 Å². The van der Waals surface area contributed by atoms with Crippen molar-refractivity contribution < 1.29 is 19.4 Å². The summed E-state index contributed by atoms with van der Waals surface area (Å²) in [6.45, 7) is 3.85. The standard InChI is InChI=1S/C25H25ClN2O4/c1-13-7-18-17(5-6-26)15(10-21(30)24(18)27-12-13)9-20(29)19-8-16-11-22(31-3)14(2)25(32-4)23(16)28-19/h7-8,10-12,28,30H,5-6,9H2,1-4H3. The van der Waals surface area contributed by atoms with Crippen molar-refractivity contribution in [2.45, 2.75) is 26.7 Å². The number of carbonyl (C=O) groups excluding carboxylic acids is 1. The lowest BCUT2D eigenvalue weighted by molar-refractivity contribution is 0.0989. The van der Waals surface area contributed by atoms with Gasteiger partial charge in [-0.05, 0) is 61.2 Å². The maximum atomic E-state index is 13.3. The molecule has 2 aromatic carbocycles. The number of aromatic hydroxyl groups is 1. The summed E-state index contributed by atoms with van der Waals surface area (Å²) in [5.41, 5.74) is 5.24. The lowest BCUT2D eigenvalue weighted by Crippen LogP contribution is -2.08. The fourth-order valence-electron chi connectivity index (χ4n) is 4.25. The Labute approximate surface area is 191 Å². The van der Waals surface area contributed by atoms with Crippen LogP contribution in [0.25, 0.3) is 21.8 Å². The molecule has 166 valence electrons. The highest BCUT2D eigenvalue weighted by atomic mass is 35.5. The summed E-state index contributed by atoms with van der Waals surface area (Å²) in [4.78, 5) is 20.8. The molecule has 0 aliphatic heterocycles. The van der Waals surface area contributed by atoms with Gasteiger partial charge in [-0.3, -0.25) is 9.78 Å². The van der Waals surface area contributed by atoms with Gasteiger partial charge in [-0.1, -0.05) is 0 Å². The molecule has 0 radical (unpaired) electrons. The first-order valence-corrected chi connectivity index (χ1v) is 10.8. The summed E-state index contributed by atoms with van der Waals surface area (Å²) in [6, 6.07) is 7.29. The SMILES string of the molecule is COc1cc2cc(C(=O)Cc3cc(O)c4ncc(C)cc4c3CCCl)[nH]c2c(OC)c1C. The number of rotatable bonds is 7. The molecule has 4 aromatic rings. The van der Waals surface area contributed by atoms with E-state index in [-0.39, 0.29) is 18.0 Å². The number of nitrogens with zero attached hydrogens (tertiary/aromatic N) is 1. The van der Waals surface area contributed by atoms with Crippen LogP contribution >= 0.6 is 11.6 Å². The van der Waals surface area contributed by atoms with E-state index in [1.807, 2.05) is 26.0 Å². The topological polar surface area (TPSA) is 84.4 Å². The molecule has 0 aliphatic rings. The molecule has 32 heavy (non-hydrogen) atoms. The Bertz CT molecular complexity index is 1340. The molecule has 0 bridgehead atoms. The molecule has 6 nitrogen and oxygen atoms in total. The molecule has 0 aliphatic carbocycles. The number of hydrogen-bond donors (Lipinski definition) is 2. The van der Waals surface area contributed by atoms with E-state index in [4.69, 9.17) is 21.1 Å². The van der Waals surface area contributed by atoms with Crippen LogP contribution in [0.4, 0.5) is 0 Å². The second-order valence-electron chi connectivity index (χ2n) is 7.87. The zero-order valence-electron chi connectivity index (χ0n) is 18.5. The van der Waals surface area contributed by atoms with Crippen molar-refractivity contribution in [2.75, 3.05) is 20.1 Å². The lowest BCUT2D eigenvalue weighted by Gasteiger charge is -2.13. The summed E-state index contributed by atoms with van der Waals surface area (Å²) in [5.74, 6) is 1.69. The van der Waals surface area contributed by atoms with Gasteiger partial charge in [0.05, 0.1) is 25.4 Å². The average molecular weight is 453 g/mol. The summed E-state index contributed by atoms with van der Waals surface area (Å²) in [6.07, 6.45) is 2.41. The number of aromatic nitrogens is 2. The summed E-state index contributed by atoms with van der Waals surface area (Å²) in [7, 11) is 3.20. The number of aryl methyl sites for hydroxylation is 2. The van der Waals surface area contributed by atoms with Crippen molar-refractivity contribution in [1.29, 1.82) is 0 Å². The molecule has 2 heterocycles. The number of Topliss-reactive ketones (excluding diaryl/α,β-unsaturated/α-hetero) is 1. The second kappa shape index (κ2) is 8.71. The molecule has 0 atom stereocenters. The van der Waals surface area contributed by atoms with E-state index in [1.165, 1.54) is 0 Å². The van der Waals surface area contributed by atoms with Gasteiger partial charge in [-0.25, -0.2) is 0 Å². The van der Waals surface area contributed by atoms with Crippen LogP contribution < -0.4 is 9.47 Å². The largest absolute Gasteiger partial charge is 0.506 e. The van der Waals surface area contributed by atoms with E-state index < -0.39 is 0 Å². The van der Waals surface area contributed by atoms with Crippen LogP contribution in [0.5, 0.6) is 17.2 Å². The number of alkyl halides is 1. The van der Waals surface area contributed by atoms with Crippen molar-refractivity contribution in [1.82, 2.24) is 9.97 Å². The van der Waals surface area contributed by atoms with E-state index in [1.54, 1.807) is 32.5 Å². The van der Waals surface area contributed by atoms with Crippen molar-refractivity contribution in [3.63, 3.8) is 0 Å². The van der Waals surface area contributed by atoms with Gasteiger partial charge in [0.2, 0.25) is 0 Å². The van der Waals surface area contributed by atoms with Crippen LogP contribution in [0.3, 0.4) is 0 Å². The van der Waals surface area contributed by atoms with Crippen molar-refractivity contribution in [3.05, 3.63) is 58.4 Å². The zero-order chi connectivity index (χ0) is 23.0. The number of fused-ring (bicyclic) bond motifs is 2. The van der Waals surface area contributed by atoms with Crippen LogP contribution in [0.1, 0.15) is 32.7 Å². The molecule has 0 fully saturated rings. The fourth-order valence-corrected chi connectivity index (χ4v) is 4.44. The van der Waals surface area contributed by atoms with E-state index in [2.05, 4.69) is 9.97 Å². The second-order valence-corrected chi connectivity index (χ2v) is 8.24. The number of halogens is 1. The molecule has 4 rings (SSSR count). The number of aromatic amines is 1. The van der Waals surface area contributed by atoms with Gasteiger partial charge in [0.15, 0.2) is 5.78 Å². The summed E-state index contributed by atoms with van der Waals surface area (Å²) in [5, 5.41) is 12.2. The van der Waals surface area contributed by atoms with Crippen LogP contribution in [-0.2, 0) is 12.8 Å². The highest BCUT2D eigenvalue weighted by Crippen LogP contribution is 2.37. The van der Waals surface area contributed by atoms with E-state index >= 15 is 0 Å². The highest BCUT2D eigenvalue weighted by molar-refractivity contribution is 6.18. The van der Waals surface area contributed by atoms with Crippen LogP contribution in [0, 0.1) is 13.8 Å². The molecule has 0 spiro atoms. The molecule has 0 amide bonds. The Morgan fingerprint density at radius 2 is 1.94 bits per heavy atom. The number of nitrogens with one attached hydrogen (secondary N) is 1. The first kappa shape index (κ1) is 22.0. The monoisotopic (exact) mass is 452 g/mol. The number of phenolic OH excluding ortho intramolecular Hbond substituents is 1. The van der Waals surface area contributed by atoms with Crippen LogP contribution in [-0.4, -0.2) is 41.0 Å². The Morgan fingerprint density at radius 3 is 2.62 bits per heavy atom. The number of H-pyrrole nitrogens is 1. The normalized spacial score (nSPS) is 11.3. The molecule has 7 heteroatoms. The maximum absolute atomic E-state index is 13.3. The predicted octanol–water partition coefficient (Wildman–Crippen LogP) is 5.26. The molecular weight excluding hydrogens is 428 g/mol. The van der Waals surface area contributed by atoms with Crippen molar-refractivity contribution >= 4 is 39.2 Å². The van der Waals surface area contributed by atoms with Gasteiger partial charge >= 0.3 is 0 Å². The van der Waals surface area contributed by atoms with Gasteiger partial charge in [0.1, 0.15) is 22.8 Å². The predicted molar refractivity (Wildman–Crippen MR) is 127 cm³/mol. The molecule has 2 N–H and O–H groups in total. The molecule has 2 aromatic heterocycles. The van der Waals surface area contributed by atoms with Gasteiger partial charge < -0.3 is 19.6 Å². The Morgan fingerprint density at radius 1 is 1.16 bits per heavy atom. The van der Waals surface area contributed by atoms with Crippen LogP contribution in [0.2, 0.25) is 0 Å². The van der Waals surface area contributed by atoms with Gasteiger partial charge in [0.25, 0.3) is 0 Å². The van der Waals surface area contributed by atoms with Gasteiger partial charge in [-0.15, -0.1) is 11.6 Å². The first-order chi connectivity index (χ1) is 15.4. The Hall–Kier alpha value is -3.25. The van der Waals surface area contributed by atoms with Crippen LogP contribution in [0.15, 0.2) is 30.5 Å². The van der Waals surface area contributed by atoms with E-state index in [9.17, 15) is 9.90 Å². The molecule has 0 saturated carbocycles. The molecule has 0 unspecified atom stereocenters. The number of hydrogen-bond acceptors (Lipinski definition) is 5. The number of carbonyl (C=O) groups is 1. The number of methoxy groups -OCH3 is 2. The van der Waals surface area contributed by atoms with E-state index in [0.29, 0.717) is 35.0 Å².